The first-order valence-electron chi connectivity index (χ1n) is 5.97. The highest BCUT2D eigenvalue weighted by Gasteiger charge is 2.19. The summed E-state index contributed by atoms with van der Waals surface area (Å²) in [5.41, 5.74) is 2.36. The second-order valence-corrected chi connectivity index (χ2v) is 4.93. The van der Waals surface area contributed by atoms with Crippen molar-refractivity contribution in [2.75, 3.05) is 0 Å². The van der Waals surface area contributed by atoms with Gasteiger partial charge in [0.2, 0.25) is 0 Å². The second kappa shape index (κ2) is 5.38. The normalized spacial score (nSPS) is 24.8. The maximum absolute atomic E-state index is 4.59. The summed E-state index contributed by atoms with van der Waals surface area (Å²) in [6.07, 6.45) is 5.39. The van der Waals surface area contributed by atoms with E-state index in [1.807, 2.05) is 12.1 Å². The van der Waals surface area contributed by atoms with Crippen LogP contribution in [0.5, 0.6) is 0 Å². The molecule has 0 aromatic heterocycles. The Labute approximate surface area is 103 Å². The average molecular weight is 231 g/mol. The molecule has 1 fully saturated rings. The molecule has 0 amide bonds. The van der Waals surface area contributed by atoms with E-state index in [0.717, 1.165) is 17.5 Å². The molecule has 1 aliphatic carbocycles. The Morgan fingerprint density at radius 2 is 1.75 bits per heavy atom. The highest BCUT2D eigenvalue weighted by Crippen LogP contribution is 2.35. The van der Waals surface area contributed by atoms with Gasteiger partial charge in [-0.15, -0.1) is 0 Å². The first-order valence-corrected chi connectivity index (χ1v) is 6.38. The Hall–Kier alpha value is -0.980. The van der Waals surface area contributed by atoms with Crippen molar-refractivity contribution in [1.82, 2.24) is 0 Å². The van der Waals surface area contributed by atoms with E-state index in [1.165, 1.54) is 31.2 Å². The second-order valence-electron chi connectivity index (χ2n) is 4.75. The quantitative estimate of drug-likeness (QED) is 0.530. The molecule has 2 heteroatoms. The maximum atomic E-state index is 4.59. The molecular weight excluding hydrogens is 214 g/mol. The molecule has 1 nitrogen and oxygen atoms in total. The monoisotopic (exact) mass is 231 g/mol. The number of hydrogen-bond acceptors (Lipinski definition) is 2. The summed E-state index contributed by atoms with van der Waals surface area (Å²) < 4.78 is 0. The minimum absolute atomic E-state index is 0.752. The number of rotatable bonds is 2. The van der Waals surface area contributed by atoms with Crippen LogP contribution in [-0.4, -0.2) is 5.16 Å². The Bertz CT molecular complexity index is 382. The van der Waals surface area contributed by atoms with E-state index in [9.17, 15) is 0 Å². The first-order chi connectivity index (χ1) is 7.79. The molecule has 0 unspecified atom stereocenters. The van der Waals surface area contributed by atoms with E-state index in [0.29, 0.717) is 0 Å². The van der Waals surface area contributed by atoms with Crippen molar-refractivity contribution in [3.05, 3.63) is 29.8 Å². The summed E-state index contributed by atoms with van der Waals surface area (Å²) in [5.74, 6) is 1.66. The molecule has 0 radical (unpaired) electrons. The van der Waals surface area contributed by atoms with Gasteiger partial charge in [0.05, 0.1) is 10.8 Å². The van der Waals surface area contributed by atoms with Gasteiger partial charge in [0, 0.05) is 0 Å². The molecule has 0 bridgehead atoms. The lowest BCUT2D eigenvalue weighted by Crippen LogP contribution is -2.10. The van der Waals surface area contributed by atoms with E-state index in [2.05, 4.69) is 41.4 Å². The fourth-order valence-electron chi connectivity index (χ4n) is 2.47. The van der Waals surface area contributed by atoms with Crippen LogP contribution in [0.25, 0.3) is 0 Å². The van der Waals surface area contributed by atoms with Crippen LogP contribution in [0.1, 0.15) is 44.1 Å². The van der Waals surface area contributed by atoms with Gasteiger partial charge in [-0.25, -0.2) is 0 Å². The highest BCUT2D eigenvalue weighted by molar-refractivity contribution is 7.78. The van der Waals surface area contributed by atoms with Crippen LogP contribution in [0.4, 0.5) is 5.69 Å². The molecule has 0 aliphatic heterocycles. The Morgan fingerprint density at radius 3 is 2.31 bits per heavy atom. The van der Waals surface area contributed by atoms with Gasteiger partial charge in [-0.3, -0.25) is 0 Å². The predicted molar refractivity (Wildman–Crippen MR) is 71.5 cm³/mol. The fourth-order valence-corrected chi connectivity index (χ4v) is 2.57. The number of isothiocyanates is 1. The third-order valence-electron chi connectivity index (χ3n) is 3.56. The molecule has 1 aromatic rings. The highest BCUT2D eigenvalue weighted by atomic mass is 32.1. The number of hydrogen-bond donors (Lipinski definition) is 0. The predicted octanol–water partition coefficient (Wildman–Crippen LogP) is 4.71. The Kier molecular flexibility index (Phi) is 3.87. The molecular formula is C14H17NS. The third kappa shape index (κ3) is 2.78. The van der Waals surface area contributed by atoms with Crippen molar-refractivity contribution in [3.63, 3.8) is 0 Å². The van der Waals surface area contributed by atoms with Gasteiger partial charge < -0.3 is 0 Å². The molecule has 1 saturated carbocycles. The van der Waals surface area contributed by atoms with E-state index in [-0.39, 0.29) is 0 Å². The van der Waals surface area contributed by atoms with Crippen LogP contribution in [0, 0.1) is 5.92 Å². The number of benzene rings is 1. The lowest BCUT2D eigenvalue weighted by molar-refractivity contribution is 0.348. The summed E-state index contributed by atoms with van der Waals surface area (Å²) in [6.45, 7) is 2.35. The summed E-state index contributed by atoms with van der Waals surface area (Å²) in [5, 5.41) is 2.40. The lowest BCUT2D eigenvalue weighted by Gasteiger charge is -2.26. The molecule has 0 N–H and O–H groups in total. The van der Waals surface area contributed by atoms with Crippen molar-refractivity contribution in [3.8, 4) is 0 Å². The standard InChI is InChI=1S/C14H17NS/c1-11-2-4-12(5-3-11)13-6-8-14(9-7-13)15-10-16/h6-9,11-12H,2-5H2,1H3. The van der Waals surface area contributed by atoms with Crippen molar-refractivity contribution < 1.29 is 0 Å². The van der Waals surface area contributed by atoms with Crippen LogP contribution < -0.4 is 0 Å². The molecule has 0 saturated heterocycles. The minimum atomic E-state index is 0.752. The molecule has 0 heterocycles. The van der Waals surface area contributed by atoms with E-state index >= 15 is 0 Å². The van der Waals surface area contributed by atoms with Gasteiger partial charge in [-0.05, 0) is 54.6 Å². The average Bonchev–Trinajstić information content (AvgIpc) is 2.32. The largest absolute Gasteiger partial charge is 0.195 e. The molecule has 0 spiro atoms. The van der Waals surface area contributed by atoms with Crippen LogP contribution in [-0.2, 0) is 0 Å². The molecule has 16 heavy (non-hydrogen) atoms. The maximum Gasteiger partial charge on any atom is 0.0739 e. The van der Waals surface area contributed by atoms with Crippen LogP contribution in [0.3, 0.4) is 0 Å². The molecule has 2 rings (SSSR count). The van der Waals surface area contributed by atoms with Crippen molar-refractivity contribution in [2.45, 2.75) is 38.5 Å². The number of aliphatic imine (C=N–C) groups is 1. The minimum Gasteiger partial charge on any atom is -0.195 e. The smallest absolute Gasteiger partial charge is 0.0739 e. The first kappa shape index (κ1) is 11.5. The fraction of sp³-hybridized carbons (Fsp3) is 0.500. The Morgan fingerprint density at radius 1 is 1.12 bits per heavy atom. The molecule has 1 aromatic carbocycles. The Balaban J connectivity index is 2.07. The third-order valence-corrected chi connectivity index (χ3v) is 3.65. The van der Waals surface area contributed by atoms with E-state index < -0.39 is 0 Å². The van der Waals surface area contributed by atoms with Crippen molar-refractivity contribution >= 4 is 23.1 Å². The van der Waals surface area contributed by atoms with Crippen LogP contribution >= 0.6 is 12.2 Å². The molecule has 0 atom stereocenters. The molecule has 1 aliphatic rings. The van der Waals surface area contributed by atoms with Crippen LogP contribution in [0.2, 0.25) is 0 Å². The van der Waals surface area contributed by atoms with Gasteiger partial charge >= 0.3 is 0 Å². The van der Waals surface area contributed by atoms with Crippen molar-refractivity contribution in [1.29, 1.82) is 0 Å². The zero-order valence-corrected chi connectivity index (χ0v) is 10.5. The summed E-state index contributed by atoms with van der Waals surface area (Å²) >= 11 is 4.59. The SMILES string of the molecule is CC1CCC(c2ccc(N=C=S)cc2)CC1. The van der Waals surface area contributed by atoms with Gasteiger partial charge in [0.15, 0.2) is 0 Å². The van der Waals surface area contributed by atoms with Gasteiger partial charge in [-0.2, -0.15) is 4.99 Å². The van der Waals surface area contributed by atoms with E-state index in [1.54, 1.807) is 0 Å². The van der Waals surface area contributed by atoms with Gasteiger partial charge in [0.1, 0.15) is 0 Å². The zero-order valence-electron chi connectivity index (χ0n) is 9.65. The summed E-state index contributed by atoms with van der Waals surface area (Å²) in [6, 6.07) is 8.44. The summed E-state index contributed by atoms with van der Waals surface area (Å²) in [4.78, 5) is 3.97. The van der Waals surface area contributed by atoms with Gasteiger partial charge in [0.25, 0.3) is 0 Å². The van der Waals surface area contributed by atoms with Gasteiger partial charge in [-0.1, -0.05) is 31.9 Å². The number of thiocarbonyl (C=S) groups is 1. The summed E-state index contributed by atoms with van der Waals surface area (Å²) in [7, 11) is 0. The zero-order chi connectivity index (χ0) is 11.4. The van der Waals surface area contributed by atoms with E-state index in [4.69, 9.17) is 0 Å². The van der Waals surface area contributed by atoms with Crippen molar-refractivity contribution in [2.24, 2.45) is 10.9 Å². The van der Waals surface area contributed by atoms with Crippen LogP contribution in [0.15, 0.2) is 29.3 Å². The number of nitrogens with zero attached hydrogens (tertiary/aromatic N) is 1. The molecule has 84 valence electrons. The topological polar surface area (TPSA) is 12.4 Å². The lowest BCUT2D eigenvalue weighted by atomic mass is 9.79.